The smallest absolute Gasteiger partial charge is 0.334 e. The number of hydrogen-bond donors (Lipinski definition) is 1. The van der Waals surface area contributed by atoms with Crippen LogP contribution in [0.4, 0.5) is 0 Å². The van der Waals surface area contributed by atoms with Gasteiger partial charge in [0.1, 0.15) is 6.10 Å². The van der Waals surface area contributed by atoms with Gasteiger partial charge in [0.15, 0.2) is 0 Å². The molecule has 1 N–H and O–H groups in total. The largest absolute Gasteiger partial charge is 0.478 e. The molecule has 0 bridgehead atoms. The van der Waals surface area contributed by atoms with E-state index < -0.39 is 11.9 Å². The molecule has 0 amide bonds. The predicted molar refractivity (Wildman–Crippen MR) is 84.0 cm³/mol. The van der Waals surface area contributed by atoms with E-state index in [0.717, 1.165) is 6.42 Å². The summed E-state index contributed by atoms with van der Waals surface area (Å²) < 4.78 is 5.61. The zero-order valence-corrected chi connectivity index (χ0v) is 14.2. The van der Waals surface area contributed by atoms with Crippen LogP contribution < -0.4 is 0 Å². The molecule has 0 radical (unpaired) electrons. The molecular weight excluding hydrogens is 268 g/mol. The van der Waals surface area contributed by atoms with Crippen molar-refractivity contribution < 1.29 is 19.4 Å². The SMILES string of the molecule is CCC/C(C(=O)O)=C(\CCC)C(=O)OC(C(C)C)C(C)C. The molecule has 0 rings (SSSR count). The molecular formula is C17H30O4. The van der Waals surface area contributed by atoms with E-state index in [2.05, 4.69) is 0 Å². The number of carboxylic acid groups (broad SMARTS) is 1. The van der Waals surface area contributed by atoms with E-state index in [1.165, 1.54) is 0 Å². The Labute approximate surface area is 128 Å². The average molecular weight is 298 g/mol. The first-order chi connectivity index (χ1) is 9.76. The number of rotatable bonds is 9. The minimum absolute atomic E-state index is 0.193. The van der Waals surface area contributed by atoms with Crippen LogP contribution in [0.5, 0.6) is 0 Å². The molecule has 4 nitrogen and oxygen atoms in total. The molecule has 0 spiro atoms. The van der Waals surface area contributed by atoms with Gasteiger partial charge in [0, 0.05) is 11.1 Å². The average Bonchev–Trinajstić information content (AvgIpc) is 2.38. The van der Waals surface area contributed by atoms with Gasteiger partial charge in [-0.15, -0.1) is 0 Å². The molecule has 4 heteroatoms. The zero-order valence-electron chi connectivity index (χ0n) is 14.2. The normalized spacial score (nSPS) is 12.8. The summed E-state index contributed by atoms with van der Waals surface area (Å²) in [5, 5.41) is 9.34. The summed E-state index contributed by atoms with van der Waals surface area (Å²) in [6.07, 6.45) is 2.07. The van der Waals surface area contributed by atoms with Crippen molar-refractivity contribution in [3.63, 3.8) is 0 Å². The lowest BCUT2D eigenvalue weighted by atomic mass is 9.95. The summed E-state index contributed by atoms with van der Waals surface area (Å²) in [4.78, 5) is 23.8. The van der Waals surface area contributed by atoms with Gasteiger partial charge in [-0.3, -0.25) is 0 Å². The fourth-order valence-electron chi connectivity index (χ4n) is 2.50. The second-order valence-electron chi connectivity index (χ2n) is 6.12. The summed E-state index contributed by atoms with van der Waals surface area (Å²) in [7, 11) is 0. The Morgan fingerprint density at radius 3 is 1.67 bits per heavy atom. The van der Waals surface area contributed by atoms with E-state index >= 15 is 0 Å². The van der Waals surface area contributed by atoms with Crippen LogP contribution in [0, 0.1) is 11.8 Å². The van der Waals surface area contributed by atoms with Gasteiger partial charge in [-0.05, 0) is 24.7 Å². The number of carbonyl (C=O) groups is 2. The van der Waals surface area contributed by atoms with E-state index in [9.17, 15) is 14.7 Å². The summed E-state index contributed by atoms with van der Waals surface area (Å²) in [6.45, 7) is 11.9. The van der Waals surface area contributed by atoms with Gasteiger partial charge in [0.2, 0.25) is 0 Å². The Morgan fingerprint density at radius 2 is 1.33 bits per heavy atom. The highest BCUT2D eigenvalue weighted by Crippen LogP contribution is 2.23. The van der Waals surface area contributed by atoms with Gasteiger partial charge in [0.25, 0.3) is 0 Å². The summed E-state index contributed by atoms with van der Waals surface area (Å²) >= 11 is 0. The third-order valence-electron chi connectivity index (χ3n) is 3.43. The van der Waals surface area contributed by atoms with Crippen LogP contribution in [-0.2, 0) is 14.3 Å². The maximum atomic E-state index is 12.4. The van der Waals surface area contributed by atoms with Crippen molar-refractivity contribution in [2.24, 2.45) is 11.8 Å². The first kappa shape index (κ1) is 19.7. The predicted octanol–water partition coefficient (Wildman–Crippen LogP) is 4.19. The maximum absolute atomic E-state index is 12.4. The van der Waals surface area contributed by atoms with Crippen molar-refractivity contribution in [1.29, 1.82) is 0 Å². The number of carboxylic acids is 1. The lowest BCUT2D eigenvalue weighted by molar-refractivity contribution is -0.150. The molecule has 0 aromatic carbocycles. The van der Waals surface area contributed by atoms with Crippen molar-refractivity contribution >= 4 is 11.9 Å². The van der Waals surface area contributed by atoms with E-state index in [4.69, 9.17) is 4.74 Å². The maximum Gasteiger partial charge on any atom is 0.334 e. The Kier molecular flexibility index (Phi) is 8.98. The van der Waals surface area contributed by atoms with Crippen LogP contribution in [-0.4, -0.2) is 23.1 Å². The van der Waals surface area contributed by atoms with E-state index in [1.54, 1.807) is 0 Å². The van der Waals surface area contributed by atoms with Gasteiger partial charge in [0.05, 0.1) is 0 Å². The topological polar surface area (TPSA) is 63.6 Å². The second kappa shape index (κ2) is 9.59. The summed E-state index contributed by atoms with van der Waals surface area (Å²) in [5.41, 5.74) is 0.536. The molecule has 0 aromatic rings. The van der Waals surface area contributed by atoms with Crippen molar-refractivity contribution in [1.82, 2.24) is 0 Å². The molecule has 0 aromatic heterocycles. The third kappa shape index (κ3) is 6.32. The quantitative estimate of drug-likeness (QED) is 0.512. The third-order valence-corrected chi connectivity index (χ3v) is 3.43. The molecule has 0 atom stereocenters. The number of aliphatic carboxylic acids is 1. The molecule has 0 saturated heterocycles. The van der Waals surface area contributed by atoms with Crippen molar-refractivity contribution in [2.45, 2.75) is 73.3 Å². The molecule has 0 aliphatic rings. The second-order valence-corrected chi connectivity index (χ2v) is 6.12. The molecule has 122 valence electrons. The summed E-state index contributed by atoms with van der Waals surface area (Å²) in [5.74, 6) is -1.06. The minimum atomic E-state index is -1.01. The van der Waals surface area contributed by atoms with Gasteiger partial charge < -0.3 is 9.84 Å². The van der Waals surface area contributed by atoms with Gasteiger partial charge in [-0.25, -0.2) is 9.59 Å². The zero-order chi connectivity index (χ0) is 16.6. The monoisotopic (exact) mass is 298 g/mol. The van der Waals surface area contributed by atoms with E-state index in [0.29, 0.717) is 24.8 Å². The van der Waals surface area contributed by atoms with Crippen LogP contribution in [0.15, 0.2) is 11.1 Å². The first-order valence-electron chi connectivity index (χ1n) is 7.92. The number of hydrogen-bond acceptors (Lipinski definition) is 3. The van der Waals surface area contributed by atoms with Crippen LogP contribution in [0.25, 0.3) is 0 Å². The van der Waals surface area contributed by atoms with Crippen molar-refractivity contribution in [2.75, 3.05) is 0 Å². The Hall–Kier alpha value is -1.32. The van der Waals surface area contributed by atoms with Gasteiger partial charge in [-0.2, -0.15) is 0 Å². The summed E-state index contributed by atoms with van der Waals surface area (Å²) in [6, 6.07) is 0. The van der Waals surface area contributed by atoms with Crippen LogP contribution in [0.2, 0.25) is 0 Å². The number of ether oxygens (including phenoxy) is 1. The molecule has 0 saturated carbocycles. The first-order valence-corrected chi connectivity index (χ1v) is 7.92. The highest BCUT2D eigenvalue weighted by Gasteiger charge is 2.26. The highest BCUT2D eigenvalue weighted by atomic mass is 16.5. The minimum Gasteiger partial charge on any atom is -0.478 e. The Balaban J connectivity index is 5.40. The van der Waals surface area contributed by atoms with Crippen molar-refractivity contribution in [3.05, 3.63) is 11.1 Å². The standard InChI is InChI=1S/C17H30O4/c1-7-9-13(16(18)19)14(10-8-2)17(20)21-15(11(3)4)12(5)6/h11-12,15H,7-10H2,1-6H3,(H,18,19)/b14-13-. The molecule has 0 aliphatic carbocycles. The molecule has 0 aliphatic heterocycles. The van der Waals surface area contributed by atoms with E-state index in [-0.39, 0.29) is 23.5 Å². The van der Waals surface area contributed by atoms with Gasteiger partial charge in [-0.1, -0.05) is 54.4 Å². The van der Waals surface area contributed by atoms with Crippen LogP contribution in [0.1, 0.15) is 67.2 Å². The van der Waals surface area contributed by atoms with Gasteiger partial charge >= 0.3 is 11.9 Å². The fourth-order valence-corrected chi connectivity index (χ4v) is 2.50. The number of carbonyl (C=O) groups excluding carboxylic acids is 1. The molecule has 0 heterocycles. The lowest BCUT2D eigenvalue weighted by Gasteiger charge is -2.26. The Morgan fingerprint density at radius 1 is 0.905 bits per heavy atom. The molecule has 21 heavy (non-hydrogen) atoms. The van der Waals surface area contributed by atoms with Crippen LogP contribution in [0.3, 0.4) is 0 Å². The molecule has 0 unspecified atom stereocenters. The van der Waals surface area contributed by atoms with Crippen molar-refractivity contribution in [3.8, 4) is 0 Å². The Bertz CT molecular complexity index is 372. The lowest BCUT2D eigenvalue weighted by Crippen LogP contribution is -2.30. The molecule has 0 fully saturated rings. The van der Waals surface area contributed by atoms with E-state index in [1.807, 2.05) is 41.5 Å². The fraction of sp³-hybridized carbons (Fsp3) is 0.765. The van der Waals surface area contributed by atoms with Crippen LogP contribution >= 0.6 is 0 Å². The number of esters is 1. The highest BCUT2D eigenvalue weighted by molar-refractivity contribution is 5.99.